The number of fused-ring (bicyclic) bond motifs is 1. The van der Waals surface area contributed by atoms with Gasteiger partial charge in [-0.1, -0.05) is 12.8 Å². The van der Waals surface area contributed by atoms with Crippen molar-refractivity contribution in [2.45, 2.75) is 51.1 Å². The van der Waals surface area contributed by atoms with Crippen LogP contribution in [0.3, 0.4) is 0 Å². The molecule has 1 saturated heterocycles. The summed E-state index contributed by atoms with van der Waals surface area (Å²) in [6.45, 7) is 1.87. The minimum atomic E-state index is -0.898. The van der Waals surface area contributed by atoms with E-state index < -0.39 is 12.0 Å². The molecule has 1 aliphatic carbocycles. The maximum atomic E-state index is 13.3. The van der Waals surface area contributed by atoms with Gasteiger partial charge in [-0.05, 0) is 55.9 Å². The number of aryl methyl sites for hydroxylation is 1. The van der Waals surface area contributed by atoms with Crippen LogP contribution in [0.15, 0.2) is 30.9 Å². The second-order valence-corrected chi connectivity index (χ2v) is 7.25. The van der Waals surface area contributed by atoms with Gasteiger partial charge in [-0.15, -0.1) is 0 Å². The van der Waals surface area contributed by atoms with Crippen LogP contribution in [0.5, 0.6) is 0 Å². The molecule has 2 aromatic rings. The molecule has 0 unspecified atom stereocenters. The van der Waals surface area contributed by atoms with Gasteiger partial charge < -0.3 is 10.0 Å². The number of benzene rings is 1. The van der Waals surface area contributed by atoms with Crippen LogP contribution in [0.1, 0.15) is 48.0 Å². The molecule has 7 nitrogen and oxygen atoms in total. The van der Waals surface area contributed by atoms with Crippen LogP contribution in [0, 0.1) is 12.8 Å². The largest absolute Gasteiger partial charge is 0.480 e. The van der Waals surface area contributed by atoms with Gasteiger partial charge in [0.15, 0.2) is 0 Å². The number of aliphatic carboxylic acids is 1. The summed E-state index contributed by atoms with van der Waals surface area (Å²) in [7, 11) is 0. The van der Waals surface area contributed by atoms with E-state index in [0.717, 1.165) is 36.9 Å². The lowest BCUT2D eigenvalue weighted by molar-refractivity contribution is -0.141. The van der Waals surface area contributed by atoms with E-state index in [9.17, 15) is 14.7 Å². The molecule has 1 aromatic carbocycles. The standard InChI is InChI=1S/C19H22N4O3/c1-12-8-14(22-11-20-10-21-22)6-7-15(12)18(24)23-16-5-3-2-4-13(16)9-17(23)19(25)26/h6-8,10-11,13,16-17H,2-5,9H2,1H3,(H,25,26)/t13-,16+,17-/m0/s1. The van der Waals surface area contributed by atoms with E-state index in [4.69, 9.17) is 0 Å². The van der Waals surface area contributed by atoms with Gasteiger partial charge in [-0.3, -0.25) is 4.79 Å². The van der Waals surface area contributed by atoms with Gasteiger partial charge in [0.1, 0.15) is 18.7 Å². The number of hydrogen-bond donors (Lipinski definition) is 1. The summed E-state index contributed by atoms with van der Waals surface area (Å²) >= 11 is 0. The molecule has 0 radical (unpaired) electrons. The number of likely N-dealkylation sites (tertiary alicyclic amines) is 1. The third kappa shape index (κ3) is 2.77. The number of hydrogen-bond acceptors (Lipinski definition) is 4. The minimum Gasteiger partial charge on any atom is -0.480 e. The van der Waals surface area contributed by atoms with Gasteiger partial charge in [-0.2, -0.15) is 5.10 Å². The van der Waals surface area contributed by atoms with E-state index in [2.05, 4.69) is 10.1 Å². The summed E-state index contributed by atoms with van der Waals surface area (Å²) in [5.41, 5.74) is 2.20. The molecule has 2 heterocycles. The van der Waals surface area contributed by atoms with Crippen molar-refractivity contribution < 1.29 is 14.7 Å². The molecular formula is C19H22N4O3. The lowest BCUT2D eigenvalue weighted by atomic mass is 9.84. The van der Waals surface area contributed by atoms with Crippen LogP contribution in [0.4, 0.5) is 0 Å². The lowest BCUT2D eigenvalue weighted by Gasteiger charge is -2.33. The smallest absolute Gasteiger partial charge is 0.326 e. The van der Waals surface area contributed by atoms with Crippen LogP contribution in [0.2, 0.25) is 0 Å². The monoisotopic (exact) mass is 354 g/mol. The number of aromatic nitrogens is 3. The first-order valence-corrected chi connectivity index (χ1v) is 9.07. The second kappa shape index (κ2) is 6.55. The van der Waals surface area contributed by atoms with Crippen LogP contribution < -0.4 is 0 Å². The Morgan fingerprint density at radius 2 is 2.04 bits per heavy atom. The van der Waals surface area contributed by atoms with Gasteiger partial charge in [0.05, 0.1) is 5.69 Å². The highest BCUT2D eigenvalue weighted by atomic mass is 16.4. The van der Waals surface area contributed by atoms with Gasteiger partial charge in [0.2, 0.25) is 0 Å². The van der Waals surface area contributed by atoms with E-state index in [0.29, 0.717) is 17.9 Å². The molecule has 4 rings (SSSR count). The summed E-state index contributed by atoms with van der Waals surface area (Å²) in [6, 6.07) is 4.80. The van der Waals surface area contributed by atoms with Gasteiger partial charge in [0.25, 0.3) is 5.91 Å². The molecule has 2 fully saturated rings. The summed E-state index contributed by atoms with van der Waals surface area (Å²) in [6.07, 6.45) is 7.73. The zero-order valence-electron chi connectivity index (χ0n) is 14.7. The van der Waals surface area contributed by atoms with Crippen molar-refractivity contribution in [1.82, 2.24) is 19.7 Å². The maximum Gasteiger partial charge on any atom is 0.326 e. The molecule has 7 heteroatoms. The molecule has 136 valence electrons. The number of carbonyl (C=O) groups is 2. The van der Waals surface area contributed by atoms with Crippen molar-refractivity contribution in [2.24, 2.45) is 5.92 Å². The molecule has 2 aliphatic rings. The van der Waals surface area contributed by atoms with E-state index in [-0.39, 0.29) is 11.9 Å². The molecule has 1 aromatic heterocycles. The van der Waals surface area contributed by atoms with Crippen LogP contribution in [-0.2, 0) is 4.79 Å². The van der Waals surface area contributed by atoms with Crippen molar-refractivity contribution in [3.05, 3.63) is 42.0 Å². The molecular weight excluding hydrogens is 332 g/mol. The fourth-order valence-electron chi connectivity index (χ4n) is 4.48. The van der Waals surface area contributed by atoms with Crippen molar-refractivity contribution in [2.75, 3.05) is 0 Å². The van der Waals surface area contributed by atoms with Crippen LogP contribution in [0.25, 0.3) is 5.69 Å². The Kier molecular flexibility index (Phi) is 4.22. The number of amides is 1. The summed E-state index contributed by atoms with van der Waals surface area (Å²) < 4.78 is 1.63. The average Bonchev–Trinajstić information content (AvgIpc) is 3.29. The molecule has 1 aliphatic heterocycles. The summed E-state index contributed by atoms with van der Waals surface area (Å²) in [5.74, 6) is -0.761. The first kappa shape index (κ1) is 16.8. The Labute approximate surface area is 151 Å². The van der Waals surface area contributed by atoms with Crippen LogP contribution >= 0.6 is 0 Å². The first-order chi connectivity index (χ1) is 12.6. The highest BCUT2D eigenvalue weighted by molar-refractivity contribution is 5.98. The zero-order valence-corrected chi connectivity index (χ0v) is 14.7. The van der Waals surface area contributed by atoms with E-state index in [1.165, 1.54) is 6.33 Å². The molecule has 0 bridgehead atoms. The van der Waals surface area contributed by atoms with Crippen molar-refractivity contribution in [3.63, 3.8) is 0 Å². The SMILES string of the molecule is Cc1cc(-n2cncn2)ccc1C(=O)N1[C@@H]2CCCC[C@H]2C[C@H]1C(=O)O. The first-order valence-electron chi connectivity index (χ1n) is 9.07. The van der Waals surface area contributed by atoms with E-state index >= 15 is 0 Å². The van der Waals surface area contributed by atoms with Crippen molar-refractivity contribution in [1.29, 1.82) is 0 Å². The Morgan fingerprint density at radius 3 is 2.73 bits per heavy atom. The van der Waals surface area contributed by atoms with Crippen molar-refractivity contribution in [3.8, 4) is 5.69 Å². The molecule has 26 heavy (non-hydrogen) atoms. The van der Waals surface area contributed by atoms with Gasteiger partial charge >= 0.3 is 5.97 Å². The van der Waals surface area contributed by atoms with Crippen molar-refractivity contribution >= 4 is 11.9 Å². The number of carbonyl (C=O) groups excluding carboxylic acids is 1. The van der Waals surface area contributed by atoms with E-state index in [1.54, 1.807) is 22.0 Å². The molecule has 3 atom stereocenters. The quantitative estimate of drug-likeness (QED) is 0.914. The fourth-order valence-corrected chi connectivity index (χ4v) is 4.48. The summed E-state index contributed by atoms with van der Waals surface area (Å²) in [5, 5.41) is 13.8. The fraction of sp³-hybridized carbons (Fsp3) is 0.474. The third-order valence-corrected chi connectivity index (χ3v) is 5.73. The zero-order chi connectivity index (χ0) is 18.3. The van der Waals surface area contributed by atoms with Crippen LogP contribution in [-0.4, -0.2) is 48.7 Å². The number of carboxylic acids is 1. The Hall–Kier alpha value is -2.70. The molecule has 1 amide bonds. The highest BCUT2D eigenvalue weighted by Crippen LogP contribution is 2.40. The van der Waals surface area contributed by atoms with Gasteiger partial charge in [-0.25, -0.2) is 14.5 Å². The second-order valence-electron chi connectivity index (χ2n) is 7.25. The maximum absolute atomic E-state index is 13.3. The third-order valence-electron chi connectivity index (χ3n) is 5.73. The number of rotatable bonds is 3. The Bertz CT molecular complexity index is 833. The molecule has 1 N–H and O–H groups in total. The predicted octanol–water partition coefficient (Wildman–Crippen LogP) is 2.43. The van der Waals surface area contributed by atoms with Gasteiger partial charge in [0, 0.05) is 11.6 Å². The average molecular weight is 354 g/mol. The normalized spacial score (nSPS) is 25.1. The topological polar surface area (TPSA) is 88.3 Å². The Morgan fingerprint density at radius 1 is 1.23 bits per heavy atom. The molecule has 0 spiro atoms. The lowest BCUT2D eigenvalue weighted by Crippen LogP contribution is -2.46. The highest BCUT2D eigenvalue weighted by Gasteiger charge is 2.47. The number of nitrogens with zero attached hydrogens (tertiary/aromatic N) is 4. The minimum absolute atomic E-state index is 0.0479. The number of carboxylic acid groups (broad SMARTS) is 1. The Balaban J connectivity index is 1.66. The predicted molar refractivity (Wildman–Crippen MR) is 94.1 cm³/mol. The molecule has 1 saturated carbocycles. The summed E-state index contributed by atoms with van der Waals surface area (Å²) in [4.78, 5) is 30.6. The van der Waals surface area contributed by atoms with E-state index in [1.807, 2.05) is 19.1 Å².